The van der Waals surface area contributed by atoms with Crippen LogP contribution in [0.4, 0.5) is 0 Å². The van der Waals surface area contributed by atoms with Crippen LogP contribution in [0.1, 0.15) is 53.9 Å². The minimum atomic E-state index is -0.912. The van der Waals surface area contributed by atoms with Gasteiger partial charge in [0.15, 0.2) is 0 Å². The fourth-order valence-electron chi connectivity index (χ4n) is 2.88. The van der Waals surface area contributed by atoms with Gasteiger partial charge in [0.2, 0.25) is 0 Å². The number of carboxylic acid groups (broad SMARTS) is 1. The zero-order valence-corrected chi connectivity index (χ0v) is 14.4. The molecule has 124 valence electrons. The predicted octanol–water partition coefficient (Wildman–Crippen LogP) is 4.69. The van der Waals surface area contributed by atoms with E-state index in [-0.39, 0.29) is 43.2 Å². The number of aliphatic carboxylic acids is 1. The third-order valence-corrected chi connectivity index (χ3v) is 4.12. The van der Waals surface area contributed by atoms with Gasteiger partial charge in [-0.05, 0) is 56.6 Å². The van der Waals surface area contributed by atoms with Crippen LogP contribution in [0.5, 0.6) is 0 Å². The quantitative estimate of drug-likeness (QED) is 0.447. The fraction of sp³-hybridized carbons (Fsp3) is 0.450. The van der Waals surface area contributed by atoms with Crippen LogP contribution in [0.15, 0.2) is 58.7 Å². The van der Waals surface area contributed by atoms with E-state index in [1.165, 1.54) is 36.5 Å². The number of carbonyl (C=O) groups is 1. The average Bonchev–Trinajstić information content (AvgIpc) is 2.36. The number of rotatable bonds is 5. The Morgan fingerprint density at radius 2 is 1.83 bits per heavy atom. The summed E-state index contributed by atoms with van der Waals surface area (Å²) < 4.78 is 0. The Kier molecular flexibility index (Phi) is 10.1. The molecule has 1 aliphatic carbocycles. The normalized spacial score (nSPS) is 19.3. The van der Waals surface area contributed by atoms with E-state index in [9.17, 15) is 4.79 Å². The van der Waals surface area contributed by atoms with Gasteiger partial charge in [-0.25, -0.2) is 4.79 Å². The second-order valence-electron chi connectivity index (χ2n) is 6.76. The maximum absolute atomic E-state index is 10.5. The molecule has 0 bridgehead atoms. The number of hydrogen-bond donors (Lipinski definition) is 1. The summed E-state index contributed by atoms with van der Waals surface area (Å²) in [5.41, 5.74) is 5.09. The number of carboxylic acids is 1. The molecule has 1 rings (SSSR count). The standard InChI is InChI=1S/C20H28O2.Ca.2H/c1-15(8-6-9-16(2)14-19(21)22)11-12-18-17(3)10-7-13-20(18,4)5;;;/h6,8-9,11-12,14H,7,10,13H2,1-5H3,(H,21,22);;;/b9-6+,12-11+,15-8+,16-14+;;;. The molecule has 3 heteroatoms. The van der Waals surface area contributed by atoms with Gasteiger partial charge < -0.3 is 5.11 Å². The van der Waals surface area contributed by atoms with Gasteiger partial charge in [-0.3, -0.25) is 0 Å². The number of hydrogen-bond acceptors (Lipinski definition) is 1. The number of allylic oxidation sites excluding steroid dienone is 9. The zero-order chi connectivity index (χ0) is 16.8. The van der Waals surface area contributed by atoms with Gasteiger partial charge >= 0.3 is 43.7 Å². The van der Waals surface area contributed by atoms with Crippen LogP contribution in [0.25, 0.3) is 0 Å². The summed E-state index contributed by atoms with van der Waals surface area (Å²) in [7, 11) is 0. The Bertz CT molecular complexity index is 572. The molecule has 0 radical (unpaired) electrons. The molecule has 0 fully saturated rings. The first-order chi connectivity index (χ1) is 10.2. The molecule has 0 aromatic heterocycles. The van der Waals surface area contributed by atoms with Gasteiger partial charge in [0.05, 0.1) is 0 Å². The topological polar surface area (TPSA) is 37.3 Å². The van der Waals surface area contributed by atoms with E-state index in [2.05, 4.69) is 39.8 Å². The first-order valence-corrected chi connectivity index (χ1v) is 7.87. The molecule has 0 atom stereocenters. The molecule has 0 aromatic rings. The van der Waals surface area contributed by atoms with Gasteiger partial charge in [-0.2, -0.15) is 0 Å². The Labute approximate surface area is 170 Å². The van der Waals surface area contributed by atoms with E-state index >= 15 is 0 Å². The first-order valence-electron chi connectivity index (χ1n) is 7.87. The second kappa shape index (κ2) is 10.3. The molecule has 0 aliphatic heterocycles. The summed E-state index contributed by atoms with van der Waals surface area (Å²) in [6, 6.07) is 0. The van der Waals surface area contributed by atoms with Crippen LogP contribution >= 0.6 is 0 Å². The van der Waals surface area contributed by atoms with Crippen LogP contribution in [0.3, 0.4) is 0 Å². The molecule has 1 aliphatic rings. The Morgan fingerprint density at radius 3 is 2.39 bits per heavy atom. The van der Waals surface area contributed by atoms with Crippen LogP contribution < -0.4 is 0 Å². The van der Waals surface area contributed by atoms with Crippen molar-refractivity contribution in [3.8, 4) is 0 Å². The van der Waals surface area contributed by atoms with Gasteiger partial charge in [0.1, 0.15) is 0 Å². The van der Waals surface area contributed by atoms with Crippen LogP contribution in [0.2, 0.25) is 0 Å². The van der Waals surface area contributed by atoms with Crippen molar-refractivity contribution >= 4 is 43.7 Å². The summed E-state index contributed by atoms with van der Waals surface area (Å²) in [5, 5.41) is 8.65. The van der Waals surface area contributed by atoms with Crippen molar-refractivity contribution in [3.05, 3.63) is 58.7 Å². The van der Waals surface area contributed by atoms with Gasteiger partial charge in [-0.15, -0.1) is 0 Å². The molecular weight excluding hydrogens is 312 g/mol. The van der Waals surface area contributed by atoms with E-state index in [0.717, 1.165) is 11.1 Å². The summed E-state index contributed by atoms with van der Waals surface area (Å²) in [5.74, 6) is -0.912. The van der Waals surface area contributed by atoms with Gasteiger partial charge in [0, 0.05) is 6.08 Å². The van der Waals surface area contributed by atoms with Crippen molar-refractivity contribution in [2.45, 2.75) is 53.9 Å². The second-order valence-corrected chi connectivity index (χ2v) is 6.76. The maximum atomic E-state index is 10.5. The summed E-state index contributed by atoms with van der Waals surface area (Å²) >= 11 is 0. The Balaban J connectivity index is 0.00000484. The summed E-state index contributed by atoms with van der Waals surface area (Å²) in [4.78, 5) is 10.5. The van der Waals surface area contributed by atoms with E-state index < -0.39 is 5.97 Å². The van der Waals surface area contributed by atoms with E-state index in [0.29, 0.717) is 0 Å². The van der Waals surface area contributed by atoms with Crippen molar-refractivity contribution in [1.29, 1.82) is 0 Å². The minimum absolute atomic E-state index is 0. The Hall–Kier alpha value is -0.570. The van der Waals surface area contributed by atoms with Crippen molar-refractivity contribution < 1.29 is 9.90 Å². The van der Waals surface area contributed by atoms with E-state index in [1.807, 2.05) is 12.2 Å². The molecule has 0 spiro atoms. The van der Waals surface area contributed by atoms with Crippen LogP contribution in [0, 0.1) is 5.41 Å². The van der Waals surface area contributed by atoms with Crippen molar-refractivity contribution in [2.24, 2.45) is 5.41 Å². The van der Waals surface area contributed by atoms with Crippen LogP contribution in [-0.4, -0.2) is 48.8 Å². The molecular formula is C20H30CaO2. The fourth-order valence-corrected chi connectivity index (χ4v) is 2.88. The summed E-state index contributed by atoms with van der Waals surface area (Å²) in [6.45, 7) is 10.7. The molecule has 0 heterocycles. The van der Waals surface area contributed by atoms with Crippen molar-refractivity contribution in [1.82, 2.24) is 0 Å². The molecule has 1 N–H and O–H groups in total. The third-order valence-electron chi connectivity index (χ3n) is 4.12. The van der Waals surface area contributed by atoms with E-state index in [4.69, 9.17) is 5.11 Å². The first kappa shape index (κ1) is 22.4. The molecule has 0 saturated carbocycles. The van der Waals surface area contributed by atoms with Gasteiger partial charge in [-0.1, -0.05) is 55.4 Å². The summed E-state index contributed by atoms with van der Waals surface area (Å²) in [6.07, 6.45) is 15.0. The molecule has 0 saturated heterocycles. The third kappa shape index (κ3) is 8.19. The molecule has 0 unspecified atom stereocenters. The van der Waals surface area contributed by atoms with Gasteiger partial charge in [0.25, 0.3) is 0 Å². The predicted molar refractivity (Wildman–Crippen MR) is 102 cm³/mol. The molecule has 0 aromatic carbocycles. The Morgan fingerprint density at radius 1 is 1.17 bits per heavy atom. The van der Waals surface area contributed by atoms with E-state index in [1.54, 1.807) is 13.0 Å². The molecule has 23 heavy (non-hydrogen) atoms. The van der Waals surface area contributed by atoms with Crippen molar-refractivity contribution in [2.75, 3.05) is 0 Å². The molecule has 0 amide bonds. The molecule has 2 nitrogen and oxygen atoms in total. The monoisotopic (exact) mass is 342 g/mol. The zero-order valence-electron chi connectivity index (χ0n) is 14.4. The van der Waals surface area contributed by atoms with Crippen molar-refractivity contribution in [3.63, 3.8) is 0 Å². The van der Waals surface area contributed by atoms with Crippen LogP contribution in [-0.2, 0) is 4.79 Å². The average molecular weight is 343 g/mol. The SMILES string of the molecule is CC1=C(/C=C/C(C)=C/C=C/C(C)=C/C(=O)O)C(C)(C)CCC1.[CaH2].